The van der Waals surface area contributed by atoms with Crippen LogP contribution in [0.15, 0.2) is 36.4 Å². The minimum Gasteiger partial charge on any atom is -0.469 e. The summed E-state index contributed by atoms with van der Waals surface area (Å²) >= 11 is 0. The number of benzene rings is 2. The van der Waals surface area contributed by atoms with Crippen molar-refractivity contribution in [3.8, 4) is 11.1 Å². The van der Waals surface area contributed by atoms with Gasteiger partial charge in [0.1, 0.15) is 5.82 Å². The molecule has 4 nitrogen and oxygen atoms in total. The van der Waals surface area contributed by atoms with Gasteiger partial charge in [0.25, 0.3) is 0 Å². The Morgan fingerprint density at radius 1 is 1.12 bits per heavy atom. The van der Waals surface area contributed by atoms with Gasteiger partial charge in [-0.1, -0.05) is 29.8 Å². The Labute approximate surface area is 153 Å². The van der Waals surface area contributed by atoms with E-state index >= 15 is 0 Å². The minimum absolute atomic E-state index is 0.0279. The molecule has 0 spiro atoms. The van der Waals surface area contributed by atoms with E-state index in [1.165, 1.54) is 20.1 Å². The lowest BCUT2D eigenvalue weighted by atomic mass is 9.95. The number of esters is 1. The number of ether oxygens (including phenoxy) is 1. The minimum atomic E-state index is -0.375. The first-order valence-corrected chi connectivity index (χ1v) is 8.56. The van der Waals surface area contributed by atoms with E-state index in [9.17, 15) is 14.0 Å². The number of methoxy groups -OCH3 is 1. The van der Waals surface area contributed by atoms with E-state index in [4.69, 9.17) is 0 Å². The molecule has 26 heavy (non-hydrogen) atoms. The summed E-state index contributed by atoms with van der Waals surface area (Å²) in [6.07, 6.45) is 0.0828. The summed E-state index contributed by atoms with van der Waals surface area (Å²) < 4.78 is 19.2. The van der Waals surface area contributed by atoms with Gasteiger partial charge in [-0.05, 0) is 42.7 Å². The summed E-state index contributed by atoms with van der Waals surface area (Å²) in [6, 6.07) is 10.4. The van der Waals surface area contributed by atoms with Gasteiger partial charge >= 0.3 is 5.97 Å². The molecule has 0 aliphatic carbocycles. The van der Waals surface area contributed by atoms with Crippen LogP contribution in [-0.2, 0) is 27.3 Å². The van der Waals surface area contributed by atoms with Crippen LogP contribution >= 0.6 is 0 Å². The second-order valence-electron chi connectivity index (χ2n) is 6.26. The van der Waals surface area contributed by atoms with Crippen LogP contribution in [0.5, 0.6) is 0 Å². The Balaban J connectivity index is 2.49. The number of amides is 1. The number of carbonyl (C=O) groups excluding carboxylic acids is 2. The molecule has 0 aliphatic rings. The van der Waals surface area contributed by atoms with E-state index in [-0.39, 0.29) is 24.1 Å². The van der Waals surface area contributed by atoms with Crippen molar-refractivity contribution in [2.75, 3.05) is 13.7 Å². The number of aryl methyl sites for hydroxylation is 1. The van der Waals surface area contributed by atoms with Gasteiger partial charge in [-0.25, -0.2) is 4.39 Å². The van der Waals surface area contributed by atoms with Gasteiger partial charge in [-0.15, -0.1) is 0 Å². The van der Waals surface area contributed by atoms with Crippen LogP contribution in [0.2, 0.25) is 0 Å². The largest absolute Gasteiger partial charge is 0.469 e. The number of halogens is 1. The van der Waals surface area contributed by atoms with Crippen molar-refractivity contribution in [1.29, 1.82) is 0 Å². The second kappa shape index (κ2) is 8.61. The molecule has 5 heteroatoms. The molecule has 1 amide bonds. The molecular weight excluding hydrogens is 333 g/mol. The van der Waals surface area contributed by atoms with Gasteiger partial charge in [0.2, 0.25) is 5.91 Å². The lowest BCUT2D eigenvalue weighted by Crippen LogP contribution is -2.28. The number of nitrogens with zero attached hydrogens (tertiary/aromatic N) is 1. The van der Waals surface area contributed by atoms with Crippen molar-refractivity contribution in [2.45, 2.75) is 33.7 Å². The third-order valence-electron chi connectivity index (χ3n) is 4.35. The molecule has 0 aliphatic heterocycles. The highest BCUT2D eigenvalue weighted by Gasteiger charge is 2.15. The van der Waals surface area contributed by atoms with Crippen LogP contribution in [-0.4, -0.2) is 30.4 Å². The van der Waals surface area contributed by atoms with E-state index < -0.39 is 0 Å². The first kappa shape index (κ1) is 19.6. The number of hydrogen-bond acceptors (Lipinski definition) is 3. The summed E-state index contributed by atoms with van der Waals surface area (Å²) in [5, 5.41) is 0. The molecule has 0 atom stereocenters. The van der Waals surface area contributed by atoms with Crippen molar-refractivity contribution in [2.24, 2.45) is 0 Å². The van der Waals surface area contributed by atoms with Crippen molar-refractivity contribution in [3.63, 3.8) is 0 Å². The fourth-order valence-corrected chi connectivity index (χ4v) is 2.90. The normalized spacial score (nSPS) is 10.5. The SMILES string of the molecule is CCN(Cc1cc(C)ccc1-c1cc(CC(=O)OC)ccc1F)C(C)=O. The van der Waals surface area contributed by atoms with Crippen molar-refractivity contribution in [1.82, 2.24) is 4.90 Å². The van der Waals surface area contributed by atoms with Gasteiger partial charge in [-0.3, -0.25) is 9.59 Å². The second-order valence-corrected chi connectivity index (χ2v) is 6.26. The smallest absolute Gasteiger partial charge is 0.309 e. The topological polar surface area (TPSA) is 46.6 Å². The standard InChI is InChI=1S/C21H24FNO3/c1-5-23(15(3)24)13-17-10-14(2)6-8-18(17)19-11-16(7-9-20(19)22)12-21(25)26-4/h6-11H,5,12-13H2,1-4H3. The van der Waals surface area contributed by atoms with Crippen LogP contribution in [0, 0.1) is 12.7 Å². The van der Waals surface area contributed by atoms with Crippen molar-refractivity contribution >= 4 is 11.9 Å². The molecule has 2 aromatic rings. The summed E-state index contributed by atoms with van der Waals surface area (Å²) in [5.41, 5.74) is 3.73. The molecule has 0 fully saturated rings. The molecular formula is C21H24FNO3. The monoisotopic (exact) mass is 357 g/mol. The van der Waals surface area contributed by atoms with Crippen LogP contribution in [0.4, 0.5) is 4.39 Å². The van der Waals surface area contributed by atoms with Crippen molar-refractivity contribution < 1.29 is 18.7 Å². The van der Waals surface area contributed by atoms with Gasteiger partial charge in [-0.2, -0.15) is 0 Å². The lowest BCUT2D eigenvalue weighted by molar-refractivity contribution is -0.139. The first-order valence-electron chi connectivity index (χ1n) is 8.56. The number of carbonyl (C=O) groups is 2. The van der Waals surface area contributed by atoms with E-state index in [0.717, 1.165) is 16.7 Å². The maximum absolute atomic E-state index is 14.5. The third-order valence-corrected chi connectivity index (χ3v) is 4.35. The molecule has 2 rings (SSSR count). The highest BCUT2D eigenvalue weighted by Crippen LogP contribution is 2.29. The van der Waals surface area contributed by atoms with Crippen LogP contribution in [0.3, 0.4) is 0 Å². The van der Waals surface area contributed by atoms with E-state index in [1.807, 2.05) is 32.0 Å². The van der Waals surface area contributed by atoms with E-state index in [2.05, 4.69) is 4.74 Å². The maximum Gasteiger partial charge on any atom is 0.309 e. The van der Waals surface area contributed by atoms with Crippen LogP contribution < -0.4 is 0 Å². The zero-order valence-electron chi connectivity index (χ0n) is 15.6. The highest BCUT2D eigenvalue weighted by molar-refractivity contribution is 5.76. The summed E-state index contributed by atoms with van der Waals surface area (Å²) in [7, 11) is 1.33. The lowest BCUT2D eigenvalue weighted by Gasteiger charge is -2.21. The molecule has 0 radical (unpaired) electrons. The molecule has 0 aromatic heterocycles. The zero-order chi connectivity index (χ0) is 19.3. The number of hydrogen-bond donors (Lipinski definition) is 0. The van der Waals surface area contributed by atoms with Gasteiger partial charge in [0.05, 0.1) is 13.5 Å². The van der Waals surface area contributed by atoms with Gasteiger partial charge in [0, 0.05) is 25.6 Å². The Hall–Kier alpha value is -2.69. The summed E-state index contributed by atoms with van der Waals surface area (Å²) in [6.45, 7) is 6.38. The fourth-order valence-electron chi connectivity index (χ4n) is 2.90. The summed E-state index contributed by atoms with van der Waals surface area (Å²) in [5.74, 6) is -0.769. The summed E-state index contributed by atoms with van der Waals surface area (Å²) in [4.78, 5) is 25.0. The third kappa shape index (κ3) is 4.69. The molecule has 0 saturated carbocycles. The van der Waals surface area contributed by atoms with Gasteiger partial charge in [0.15, 0.2) is 0 Å². The Morgan fingerprint density at radius 2 is 1.85 bits per heavy atom. The predicted molar refractivity (Wildman–Crippen MR) is 99.1 cm³/mol. The Bertz CT molecular complexity index is 817. The molecule has 138 valence electrons. The predicted octanol–water partition coefficient (Wildman–Crippen LogP) is 3.89. The van der Waals surface area contributed by atoms with Gasteiger partial charge < -0.3 is 9.64 Å². The molecule has 0 N–H and O–H groups in total. The van der Waals surface area contributed by atoms with Crippen LogP contribution in [0.1, 0.15) is 30.5 Å². The number of rotatable bonds is 6. The fraction of sp³-hybridized carbons (Fsp3) is 0.333. The van der Waals surface area contributed by atoms with Crippen LogP contribution in [0.25, 0.3) is 11.1 Å². The zero-order valence-corrected chi connectivity index (χ0v) is 15.6. The molecule has 0 saturated heterocycles. The Morgan fingerprint density at radius 3 is 2.46 bits per heavy atom. The molecule has 2 aromatic carbocycles. The Kier molecular flexibility index (Phi) is 6.50. The first-order chi connectivity index (χ1) is 12.3. The quantitative estimate of drug-likeness (QED) is 0.737. The molecule has 0 bridgehead atoms. The highest BCUT2D eigenvalue weighted by atomic mass is 19.1. The average molecular weight is 357 g/mol. The maximum atomic E-state index is 14.5. The van der Waals surface area contributed by atoms with E-state index in [0.29, 0.717) is 24.2 Å². The van der Waals surface area contributed by atoms with Crippen molar-refractivity contribution in [3.05, 3.63) is 58.9 Å². The average Bonchev–Trinajstić information content (AvgIpc) is 2.61. The van der Waals surface area contributed by atoms with E-state index in [1.54, 1.807) is 17.0 Å². The molecule has 0 unspecified atom stereocenters. The molecule has 0 heterocycles.